The summed E-state index contributed by atoms with van der Waals surface area (Å²) >= 11 is 2.09. The molecule has 0 aliphatic heterocycles. The second-order valence-corrected chi connectivity index (χ2v) is 10.1. The van der Waals surface area contributed by atoms with E-state index in [2.05, 4.69) is 99.6 Å². The average molecular weight is 412 g/mol. The van der Waals surface area contributed by atoms with Crippen molar-refractivity contribution >= 4 is 23.4 Å². The molecule has 3 rings (SSSR count). The van der Waals surface area contributed by atoms with Crippen LogP contribution >= 0.6 is 11.8 Å². The summed E-state index contributed by atoms with van der Waals surface area (Å²) in [5.74, 6) is 2.86. The zero-order chi connectivity index (χ0) is 21.0. The highest BCUT2D eigenvalue weighted by Gasteiger charge is 2.28. The van der Waals surface area contributed by atoms with E-state index in [4.69, 9.17) is 4.98 Å². The van der Waals surface area contributed by atoms with Gasteiger partial charge in [0.2, 0.25) is 5.95 Å². The molecule has 1 aromatic carbocycles. The molecule has 1 aromatic heterocycles. The quantitative estimate of drug-likeness (QED) is 0.436. The average Bonchev–Trinajstić information content (AvgIpc) is 3.20. The third kappa shape index (κ3) is 4.74. The van der Waals surface area contributed by atoms with Crippen molar-refractivity contribution in [1.29, 1.82) is 0 Å². The summed E-state index contributed by atoms with van der Waals surface area (Å²) < 4.78 is 0.355. The molecule has 2 unspecified atom stereocenters. The van der Waals surface area contributed by atoms with Crippen molar-refractivity contribution in [1.82, 2.24) is 9.97 Å². The number of imidazole rings is 1. The first-order chi connectivity index (χ1) is 13.9. The Labute approximate surface area is 181 Å². The number of benzene rings is 1. The SMILES string of the molecule is CCC1=CC(C)c2nc(N(CCSC(C)(CC)CC)c3ccccc3)[nH]c2C1C. The number of fused-ring (bicyclic) bond motifs is 1. The van der Waals surface area contributed by atoms with E-state index in [1.54, 1.807) is 0 Å². The monoisotopic (exact) mass is 411 g/mol. The number of para-hydroxylation sites is 1. The summed E-state index contributed by atoms with van der Waals surface area (Å²) in [6.07, 6.45) is 5.92. The van der Waals surface area contributed by atoms with Crippen molar-refractivity contribution in [2.75, 3.05) is 17.2 Å². The third-order valence-corrected chi connectivity index (χ3v) is 8.29. The number of nitrogens with zero attached hydrogens (tertiary/aromatic N) is 2. The normalized spacial score (nSPS) is 19.0. The highest BCUT2D eigenvalue weighted by molar-refractivity contribution is 8.00. The second kappa shape index (κ2) is 9.42. The summed E-state index contributed by atoms with van der Waals surface area (Å²) in [7, 11) is 0. The molecule has 1 aliphatic rings. The fourth-order valence-electron chi connectivity index (χ4n) is 4.15. The molecular weight excluding hydrogens is 374 g/mol. The Bertz CT molecular complexity index is 820. The molecule has 0 spiro atoms. The third-order valence-electron chi connectivity index (χ3n) is 6.63. The maximum atomic E-state index is 5.10. The summed E-state index contributed by atoms with van der Waals surface area (Å²) in [6, 6.07) is 10.7. The molecule has 0 saturated heterocycles. The van der Waals surface area contributed by atoms with Gasteiger partial charge in [0.15, 0.2) is 0 Å². The number of allylic oxidation sites excluding steroid dienone is 2. The van der Waals surface area contributed by atoms with Gasteiger partial charge in [-0.1, -0.05) is 71.4 Å². The number of thioether (sulfide) groups is 1. The zero-order valence-electron chi connectivity index (χ0n) is 19.0. The van der Waals surface area contributed by atoms with Crippen LogP contribution in [0.25, 0.3) is 0 Å². The van der Waals surface area contributed by atoms with Crippen LogP contribution in [-0.2, 0) is 0 Å². The summed E-state index contributed by atoms with van der Waals surface area (Å²) in [6.45, 7) is 14.8. The van der Waals surface area contributed by atoms with E-state index in [9.17, 15) is 0 Å². The van der Waals surface area contributed by atoms with Crippen molar-refractivity contribution in [3.63, 3.8) is 0 Å². The minimum absolute atomic E-state index is 0.355. The van der Waals surface area contributed by atoms with Gasteiger partial charge in [-0.3, -0.25) is 0 Å². The molecule has 1 aliphatic carbocycles. The van der Waals surface area contributed by atoms with E-state index in [0.717, 1.165) is 24.7 Å². The lowest BCUT2D eigenvalue weighted by Gasteiger charge is -2.28. The first-order valence-corrected chi connectivity index (χ1v) is 12.2. The van der Waals surface area contributed by atoms with Crippen LogP contribution in [0.1, 0.15) is 84.0 Å². The number of rotatable bonds is 9. The van der Waals surface area contributed by atoms with Gasteiger partial charge in [0, 0.05) is 40.3 Å². The van der Waals surface area contributed by atoms with Crippen LogP contribution in [0.4, 0.5) is 11.6 Å². The predicted octanol–water partition coefficient (Wildman–Crippen LogP) is 7.42. The standard InChI is InChI=1S/C25H37N3S/c1-7-20-17-18(4)22-23(19(20)5)27-24(26-22)28(21-13-11-10-12-14-21)15-16-29-25(6,8-2)9-3/h10-14,17-19H,7-9,15-16H2,1-6H3,(H,26,27). The van der Waals surface area contributed by atoms with Crippen LogP contribution in [0.2, 0.25) is 0 Å². The fraction of sp³-hybridized carbons (Fsp3) is 0.560. The number of aromatic amines is 1. The van der Waals surface area contributed by atoms with Gasteiger partial charge >= 0.3 is 0 Å². The Kier molecular flexibility index (Phi) is 7.15. The largest absolute Gasteiger partial charge is 0.327 e. The number of anilines is 2. The van der Waals surface area contributed by atoms with E-state index in [0.29, 0.717) is 16.6 Å². The van der Waals surface area contributed by atoms with E-state index in [1.807, 2.05) is 0 Å². The van der Waals surface area contributed by atoms with E-state index in [-0.39, 0.29) is 0 Å². The molecule has 29 heavy (non-hydrogen) atoms. The molecule has 0 bridgehead atoms. The van der Waals surface area contributed by atoms with Crippen LogP contribution in [-0.4, -0.2) is 27.0 Å². The molecule has 1 N–H and O–H groups in total. The van der Waals surface area contributed by atoms with Gasteiger partial charge in [0.25, 0.3) is 0 Å². The Morgan fingerprint density at radius 3 is 2.41 bits per heavy atom. The Morgan fingerprint density at radius 1 is 1.10 bits per heavy atom. The van der Waals surface area contributed by atoms with Crippen molar-refractivity contribution in [2.24, 2.45) is 0 Å². The van der Waals surface area contributed by atoms with Crippen LogP contribution < -0.4 is 4.90 Å². The van der Waals surface area contributed by atoms with Gasteiger partial charge in [0.1, 0.15) is 0 Å². The Balaban J connectivity index is 1.88. The maximum Gasteiger partial charge on any atom is 0.207 e. The molecule has 0 fully saturated rings. The van der Waals surface area contributed by atoms with E-state index < -0.39 is 0 Å². The molecule has 158 valence electrons. The number of H-pyrrole nitrogens is 1. The second-order valence-electron chi connectivity index (χ2n) is 8.46. The van der Waals surface area contributed by atoms with Crippen molar-refractivity contribution in [3.05, 3.63) is 53.4 Å². The van der Waals surface area contributed by atoms with Gasteiger partial charge in [0.05, 0.1) is 5.69 Å². The summed E-state index contributed by atoms with van der Waals surface area (Å²) in [5, 5.41) is 0. The van der Waals surface area contributed by atoms with E-state index >= 15 is 0 Å². The lowest BCUT2D eigenvalue weighted by Crippen LogP contribution is -2.25. The zero-order valence-corrected chi connectivity index (χ0v) is 19.8. The molecule has 0 amide bonds. The smallest absolute Gasteiger partial charge is 0.207 e. The number of nitrogens with one attached hydrogen (secondary N) is 1. The number of aromatic nitrogens is 2. The lowest BCUT2D eigenvalue weighted by molar-refractivity contribution is 0.599. The van der Waals surface area contributed by atoms with Gasteiger partial charge < -0.3 is 9.88 Å². The maximum absolute atomic E-state index is 5.10. The van der Waals surface area contributed by atoms with Crippen LogP contribution in [0.3, 0.4) is 0 Å². The molecule has 3 nitrogen and oxygen atoms in total. The number of hydrogen-bond donors (Lipinski definition) is 1. The van der Waals surface area contributed by atoms with Gasteiger partial charge in [-0.15, -0.1) is 0 Å². The van der Waals surface area contributed by atoms with Gasteiger partial charge in [-0.25, -0.2) is 4.98 Å². The first kappa shape index (κ1) is 22.0. The molecular formula is C25H37N3S. The highest BCUT2D eigenvalue weighted by Crippen LogP contribution is 2.40. The predicted molar refractivity (Wildman–Crippen MR) is 129 cm³/mol. The number of hydrogen-bond acceptors (Lipinski definition) is 3. The minimum Gasteiger partial charge on any atom is -0.327 e. The Hall–Kier alpha value is -1.68. The molecule has 0 radical (unpaired) electrons. The lowest BCUT2D eigenvalue weighted by atomic mass is 9.84. The van der Waals surface area contributed by atoms with Crippen LogP contribution in [0, 0.1) is 0 Å². The molecule has 4 heteroatoms. The van der Waals surface area contributed by atoms with Gasteiger partial charge in [-0.2, -0.15) is 11.8 Å². The summed E-state index contributed by atoms with van der Waals surface area (Å²) in [4.78, 5) is 11.2. The fourth-order valence-corrected chi connectivity index (χ4v) is 5.32. The summed E-state index contributed by atoms with van der Waals surface area (Å²) in [5.41, 5.74) is 5.24. The van der Waals surface area contributed by atoms with Crippen molar-refractivity contribution in [2.45, 2.75) is 77.4 Å². The van der Waals surface area contributed by atoms with Crippen LogP contribution in [0.5, 0.6) is 0 Å². The van der Waals surface area contributed by atoms with E-state index in [1.165, 1.54) is 35.5 Å². The van der Waals surface area contributed by atoms with Crippen molar-refractivity contribution in [3.8, 4) is 0 Å². The molecule has 1 heterocycles. The molecule has 0 saturated carbocycles. The van der Waals surface area contributed by atoms with Crippen molar-refractivity contribution < 1.29 is 0 Å². The Morgan fingerprint density at radius 2 is 1.79 bits per heavy atom. The topological polar surface area (TPSA) is 31.9 Å². The molecule has 2 aromatic rings. The van der Waals surface area contributed by atoms with Crippen LogP contribution in [0.15, 0.2) is 42.0 Å². The molecule has 2 atom stereocenters. The first-order valence-electron chi connectivity index (χ1n) is 11.2. The minimum atomic E-state index is 0.355. The van der Waals surface area contributed by atoms with Gasteiger partial charge in [-0.05, 0) is 31.4 Å². The highest BCUT2D eigenvalue weighted by atomic mass is 32.2.